The van der Waals surface area contributed by atoms with Gasteiger partial charge in [-0.1, -0.05) is 0 Å². The van der Waals surface area contributed by atoms with Crippen molar-refractivity contribution >= 4 is 5.96 Å². The summed E-state index contributed by atoms with van der Waals surface area (Å²) in [5.41, 5.74) is 0. The first-order valence-electron chi connectivity index (χ1n) is 6.32. The average molecular weight is 225 g/mol. The third-order valence-corrected chi connectivity index (χ3v) is 3.17. The number of aliphatic imine (C=N–C) groups is 1. The first-order valence-corrected chi connectivity index (χ1v) is 6.32. The van der Waals surface area contributed by atoms with Crippen LogP contribution in [0.1, 0.15) is 33.1 Å². The Hall–Kier alpha value is -0.770. The van der Waals surface area contributed by atoms with Crippen molar-refractivity contribution in [1.82, 2.24) is 10.2 Å². The van der Waals surface area contributed by atoms with Crippen molar-refractivity contribution in [3.63, 3.8) is 0 Å². The van der Waals surface area contributed by atoms with E-state index in [0.29, 0.717) is 18.2 Å². The molecule has 1 aliphatic heterocycles. The third kappa shape index (κ3) is 2.88. The van der Waals surface area contributed by atoms with Crippen molar-refractivity contribution in [3.8, 4) is 0 Å². The zero-order chi connectivity index (χ0) is 11.5. The van der Waals surface area contributed by atoms with Crippen LogP contribution in [0.5, 0.6) is 0 Å². The van der Waals surface area contributed by atoms with E-state index in [9.17, 15) is 0 Å². The Morgan fingerprint density at radius 1 is 1.44 bits per heavy atom. The van der Waals surface area contributed by atoms with Crippen molar-refractivity contribution in [2.24, 2.45) is 4.99 Å². The Labute approximate surface area is 98.1 Å². The lowest BCUT2D eigenvalue weighted by atomic mass is 9.89. The zero-order valence-corrected chi connectivity index (χ0v) is 10.6. The molecule has 0 aromatic rings. The van der Waals surface area contributed by atoms with E-state index in [-0.39, 0.29) is 0 Å². The van der Waals surface area contributed by atoms with Crippen LogP contribution in [0.3, 0.4) is 0 Å². The fraction of sp³-hybridized carbons (Fsp3) is 0.917. The molecule has 4 heteroatoms. The van der Waals surface area contributed by atoms with Crippen LogP contribution in [0.15, 0.2) is 4.99 Å². The monoisotopic (exact) mass is 225 g/mol. The van der Waals surface area contributed by atoms with Crippen molar-refractivity contribution in [1.29, 1.82) is 0 Å². The molecule has 1 fully saturated rings. The summed E-state index contributed by atoms with van der Waals surface area (Å²) in [5, 5.41) is 3.50. The molecule has 0 bridgehead atoms. The van der Waals surface area contributed by atoms with Gasteiger partial charge in [-0.2, -0.15) is 0 Å². The van der Waals surface area contributed by atoms with E-state index in [0.717, 1.165) is 31.9 Å². The summed E-state index contributed by atoms with van der Waals surface area (Å²) in [6.07, 6.45) is 4.20. The predicted octanol–water partition coefficient (Wildman–Crippen LogP) is 1.22. The Bertz CT molecular complexity index is 259. The van der Waals surface area contributed by atoms with E-state index in [1.165, 1.54) is 6.42 Å². The normalized spacial score (nSPS) is 30.0. The lowest BCUT2D eigenvalue weighted by Crippen LogP contribution is -2.53. The number of guanidine groups is 1. The van der Waals surface area contributed by atoms with E-state index >= 15 is 0 Å². The minimum absolute atomic E-state index is 0.348. The van der Waals surface area contributed by atoms with Crippen LogP contribution in [-0.4, -0.2) is 49.2 Å². The molecule has 0 amide bonds. The number of nitrogens with zero attached hydrogens (tertiary/aromatic N) is 2. The second-order valence-corrected chi connectivity index (χ2v) is 5.10. The minimum Gasteiger partial charge on any atom is -0.375 e. The summed E-state index contributed by atoms with van der Waals surface area (Å²) in [5.74, 6) is 1.07. The molecule has 1 saturated carbocycles. The molecule has 0 unspecified atom stereocenters. The third-order valence-electron chi connectivity index (χ3n) is 3.17. The van der Waals surface area contributed by atoms with E-state index < -0.39 is 0 Å². The zero-order valence-electron chi connectivity index (χ0n) is 10.6. The SMILES string of the molecule is CC(C)OC1CC(NC2=NCCCN2C)C1. The number of hydrogen-bond acceptors (Lipinski definition) is 4. The van der Waals surface area contributed by atoms with Gasteiger partial charge in [0.25, 0.3) is 0 Å². The molecule has 16 heavy (non-hydrogen) atoms. The van der Waals surface area contributed by atoms with Crippen molar-refractivity contribution < 1.29 is 4.74 Å². The minimum atomic E-state index is 0.348. The molecule has 2 rings (SSSR count). The molecule has 0 saturated heterocycles. The van der Waals surface area contributed by atoms with Gasteiger partial charge in [0, 0.05) is 26.2 Å². The molecule has 1 heterocycles. The number of hydrogen-bond donors (Lipinski definition) is 1. The molecule has 0 aromatic carbocycles. The van der Waals surface area contributed by atoms with Gasteiger partial charge in [0.05, 0.1) is 12.2 Å². The largest absolute Gasteiger partial charge is 0.375 e. The summed E-state index contributed by atoms with van der Waals surface area (Å²) in [7, 11) is 2.10. The maximum atomic E-state index is 5.74. The van der Waals surface area contributed by atoms with Gasteiger partial charge in [-0.3, -0.25) is 4.99 Å². The molecule has 4 nitrogen and oxygen atoms in total. The highest BCUT2D eigenvalue weighted by Gasteiger charge is 2.31. The van der Waals surface area contributed by atoms with Gasteiger partial charge >= 0.3 is 0 Å². The molecule has 1 N–H and O–H groups in total. The second kappa shape index (κ2) is 5.04. The smallest absolute Gasteiger partial charge is 0.193 e. The van der Waals surface area contributed by atoms with Gasteiger partial charge < -0.3 is 15.0 Å². The van der Waals surface area contributed by atoms with Gasteiger partial charge in [0.1, 0.15) is 0 Å². The van der Waals surface area contributed by atoms with Crippen LogP contribution in [0.4, 0.5) is 0 Å². The standard InChI is InChI=1S/C12H23N3O/c1-9(2)16-11-7-10(8-11)14-12-13-5-4-6-15(12)3/h9-11H,4-8H2,1-3H3,(H,13,14). The highest BCUT2D eigenvalue weighted by Crippen LogP contribution is 2.24. The second-order valence-electron chi connectivity index (χ2n) is 5.10. The quantitative estimate of drug-likeness (QED) is 0.785. The molecular weight excluding hydrogens is 202 g/mol. The molecule has 0 spiro atoms. The summed E-state index contributed by atoms with van der Waals surface area (Å²) < 4.78 is 5.74. The summed E-state index contributed by atoms with van der Waals surface area (Å²) >= 11 is 0. The Morgan fingerprint density at radius 3 is 2.81 bits per heavy atom. The van der Waals surface area contributed by atoms with Crippen molar-refractivity contribution in [2.75, 3.05) is 20.1 Å². The fourth-order valence-corrected chi connectivity index (χ4v) is 2.24. The summed E-state index contributed by atoms with van der Waals surface area (Å²) in [4.78, 5) is 6.72. The number of nitrogens with one attached hydrogen (secondary N) is 1. The molecule has 2 aliphatic rings. The number of ether oxygens (including phenoxy) is 1. The predicted molar refractivity (Wildman–Crippen MR) is 65.7 cm³/mol. The topological polar surface area (TPSA) is 36.9 Å². The van der Waals surface area contributed by atoms with Crippen LogP contribution in [0.25, 0.3) is 0 Å². The van der Waals surface area contributed by atoms with Gasteiger partial charge in [-0.15, -0.1) is 0 Å². The first-order chi connectivity index (χ1) is 7.65. The molecular formula is C12H23N3O. The van der Waals surface area contributed by atoms with Crippen LogP contribution in [0.2, 0.25) is 0 Å². The van der Waals surface area contributed by atoms with Gasteiger partial charge in [0.15, 0.2) is 5.96 Å². The van der Waals surface area contributed by atoms with Gasteiger partial charge in [-0.25, -0.2) is 0 Å². The van der Waals surface area contributed by atoms with Crippen LogP contribution in [0, 0.1) is 0 Å². The molecule has 0 atom stereocenters. The maximum absolute atomic E-state index is 5.74. The maximum Gasteiger partial charge on any atom is 0.193 e. The van der Waals surface area contributed by atoms with E-state index in [1.54, 1.807) is 0 Å². The van der Waals surface area contributed by atoms with Crippen LogP contribution < -0.4 is 5.32 Å². The Kier molecular flexibility index (Phi) is 3.69. The average Bonchev–Trinajstić information content (AvgIpc) is 2.17. The Morgan fingerprint density at radius 2 is 2.19 bits per heavy atom. The van der Waals surface area contributed by atoms with Crippen molar-refractivity contribution in [3.05, 3.63) is 0 Å². The van der Waals surface area contributed by atoms with E-state index in [4.69, 9.17) is 4.74 Å². The summed E-state index contributed by atoms with van der Waals surface area (Å²) in [6, 6.07) is 0.558. The number of rotatable bonds is 3. The highest BCUT2D eigenvalue weighted by atomic mass is 16.5. The lowest BCUT2D eigenvalue weighted by molar-refractivity contribution is -0.0470. The molecule has 1 aliphatic carbocycles. The molecule has 0 radical (unpaired) electrons. The van der Waals surface area contributed by atoms with Crippen LogP contribution >= 0.6 is 0 Å². The molecule has 0 aromatic heterocycles. The molecule has 92 valence electrons. The lowest BCUT2D eigenvalue weighted by Gasteiger charge is -2.39. The highest BCUT2D eigenvalue weighted by molar-refractivity contribution is 5.80. The Balaban J connectivity index is 1.71. The van der Waals surface area contributed by atoms with E-state index in [2.05, 4.69) is 36.1 Å². The van der Waals surface area contributed by atoms with Gasteiger partial charge in [-0.05, 0) is 33.1 Å². The van der Waals surface area contributed by atoms with Gasteiger partial charge in [0.2, 0.25) is 0 Å². The summed E-state index contributed by atoms with van der Waals surface area (Å²) in [6.45, 7) is 6.27. The van der Waals surface area contributed by atoms with E-state index in [1.807, 2.05) is 0 Å². The van der Waals surface area contributed by atoms with Crippen LogP contribution in [-0.2, 0) is 4.74 Å². The first kappa shape index (κ1) is 11.7. The fourth-order valence-electron chi connectivity index (χ4n) is 2.24. The van der Waals surface area contributed by atoms with Crippen molar-refractivity contribution in [2.45, 2.75) is 51.4 Å².